The van der Waals surface area contributed by atoms with Crippen molar-refractivity contribution in [2.75, 3.05) is 11.4 Å². The molecule has 2 heterocycles. The average Bonchev–Trinajstić information content (AvgIpc) is 2.69. The Kier molecular flexibility index (Phi) is 1.76. The highest BCUT2D eigenvalue weighted by molar-refractivity contribution is 6.31. The monoisotopic (exact) mass is 208 g/mol. The van der Waals surface area contributed by atoms with Crippen molar-refractivity contribution in [1.29, 1.82) is 0 Å². The molecular weight excluding hydrogens is 196 g/mol. The maximum Gasteiger partial charge on any atom is 0.0483 e. The molecule has 2 atom stereocenters. The lowest BCUT2D eigenvalue weighted by Crippen LogP contribution is -2.36. The highest BCUT2D eigenvalue weighted by Gasteiger charge is 2.38. The van der Waals surface area contributed by atoms with Crippen molar-refractivity contribution < 1.29 is 0 Å². The van der Waals surface area contributed by atoms with E-state index >= 15 is 0 Å². The Bertz CT molecular complexity index is 378. The molecule has 1 aromatic carbocycles. The summed E-state index contributed by atoms with van der Waals surface area (Å²) in [4.78, 5) is 2.41. The molecule has 0 amide bonds. The highest BCUT2D eigenvalue weighted by atomic mass is 35.5. The number of benzene rings is 1. The minimum atomic E-state index is 0.318. The van der Waals surface area contributed by atoms with Gasteiger partial charge in [-0.2, -0.15) is 0 Å². The van der Waals surface area contributed by atoms with Gasteiger partial charge >= 0.3 is 0 Å². The smallest absolute Gasteiger partial charge is 0.0483 e. The molecule has 1 saturated heterocycles. The molecule has 2 aliphatic heterocycles. The SMILES string of the molecule is NC1CCN2c3cccc(Cl)c3CC12. The third-order valence-corrected chi connectivity index (χ3v) is 3.77. The molecule has 1 aromatic rings. The van der Waals surface area contributed by atoms with Crippen molar-refractivity contribution in [1.82, 2.24) is 0 Å². The van der Waals surface area contributed by atoms with E-state index in [2.05, 4.69) is 11.0 Å². The van der Waals surface area contributed by atoms with E-state index < -0.39 is 0 Å². The summed E-state index contributed by atoms with van der Waals surface area (Å²) >= 11 is 6.16. The van der Waals surface area contributed by atoms with Gasteiger partial charge in [-0.3, -0.25) is 0 Å². The maximum atomic E-state index is 6.16. The maximum absolute atomic E-state index is 6.16. The number of hydrogen-bond donors (Lipinski definition) is 1. The summed E-state index contributed by atoms with van der Waals surface area (Å²) in [6.07, 6.45) is 2.13. The number of rotatable bonds is 0. The summed E-state index contributed by atoms with van der Waals surface area (Å²) in [5, 5.41) is 0.893. The number of fused-ring (bicyclic) bond motifs is 3. The lowest BCUT2D eigenvalue weighted by atomic mass is 10.0. The van der Waals surface area contributed by atoms with E-state index in [1.807, 2.05) is 12.1 Å². The van der Waals surface area contributed by atoms with Gasteiger partial charge in [0, 0.05) is 29.3 Å². The van der Waals surface area contributed by atoms with Crippen molar-refractivity contribution in [3.8, 4) is 0 Å². The van der Waals surface area contributed by atoms with Crippen molar-refractivity contribution in [2.45, 2.75) is 24.9 Å². The van der Waals surface area contributed by atoms with E-state index in [0.717, 1.165) is 24.4 Å². The van der Waals surface area contributed by atoms with Crippen LogP contribution >= 0.6 is 11.6 Å². The minimum Gasteiger partial charge on any atom is -0.366 e. The van der Waals surface area contributed by atoms with Crippen molar-refractivity contribution in [3.05, 3.63) is 28.8 Å². The molecule has 0 spiro atoms. The van der Waals surface area contributed by atoms with Gasteiger partial charge in [-0.25, -0.2) is 0 Å². The first-order chi connectivity index (χ1) is 6.77. The second-order valence-corrected chi connectivity index (χ2v) is 4.56. The first kappa shape index (κ1) is 8.57. The molecule has 2 unspecified atom stereocenters. The van der Waals surface area contributed by atoms with Crippen LogP contribution in [0, 0.1) is 0 Å². The zero-order valence-electron chi connectivity index (χ0n) is 7.91. The topological polar surface area (TPSA) is 29.3 Å². The molecule has 3 rings (SSSR count). The number of nitrogens with two attached hydrogens (primary N) is 1. The Morgan fingerprint density at radius 2 is 2.29 bits per heavy atom. The van der Waals surface area contributed by atoms with Crippen LogP contribution in [-0.2, 0) is 6.42 Å². The molecule has 14 heavy (non-hydrogen) atoms. The van der Waals surface area contributed by atoms with Gasteiger partial charge < -0.3 is 10.6 Å². The summed E-state index contributed by atoms with van der Waals surface area (Å²) in [5.41, 5.74) is 8.65. The number of anilines is 1. The van der Waals surface area contributed by atoms with E-state index in [4.69, 9.17) is 17.3 Å². The molecule has 2 aliphatic rings. The predicted octanol–water partition coefficient (Wildman–Crippen LogP) is 1.80. The minimum absolute atomic E-state index is 0.318. The summed E-state index contributed by atoms with van der Waals surface area (Å²) in [5.74, 6) is 0. The van der Waals surface area contributed by atoms with Crippen LogP contribution in [0.15, 0.2) is 18.2 Å². The first-order valence-corrected chi connectivity index (χ1v) is 5.45. The number of hydrogen-bond acceptors (Lipinski definition) is 2. The summed E-state index contributed by atoms with van der Waals surface area (Å²) in [6.45, 7) is 1.08. The third-order valence-electron chi connectivity index (χ3n) is 3.41. The standard InChI is InChI=1S/C11H13ClN2/c12-8-2-1-3-10-7(8)6-11-9(13)4-5-14(10)11/h1-3,9,11H,4-6,13H2. The summed E-state index contributed by atoms with van der Waals surface area (Å²) in [7, 11) is 0. The van der Waals surface area contributed by atoms with E-state index in [-0.39, 0.29) is 0 Å². The fraction of sp³-hybridized carbons (Fsp3) is 0.455. The van der Waals surface area contributed by atoms with Crippen LogP contribution in [0.1, 0.15) is 12.0 Å². The van der Waals surface area contributed by atoms with Crippen LogP contribution in [-0.4, -0.2) is 18.6 Å². The Morgan fingerprint density at radius 3 is 3.14 bits per heavy atom. The van der Waals surface area contributed by atoms with Gasteiger partial charge in [-0.15, -0.1) is 0 Å². The van der Waals surface area contributed by atoms with Crippen molar-refractivity contribution >= 4 is 17.3 Å². The second kappa shape index (κ2) is 2.88. The normalized spacial score (nSPS) is 29.1. The van der Waals surface area contributed by atoms with E-state index in [0.29, 0.717) is 12.1 Å². The van der Waals surface area contributed by atoms with Crippen LogP contribution in [0.4, 0.5) is 5.69 Å². The summed E-state index contributed by atoms with van der Waals surface area (Å²) < 4.78 is 0. The molecule has 1 fully saturated rings. The fourth-order valence-corrected chi connectivity index (χ4v) is 2.91. The molecule has 2 nitrogen and oxygen atoms in total. The second-order valence-electron chi connectivity index (χ2n) is 4.15. The van der Waals surface area contributed by atoms with Gasteiger partial charge in [0.25, 0.3) is 0 Å². The quantitative estimate of drug-likeness (QED) is 0.705. The van der Waals surface area contributed by atoms with Crippen molar-refractivity contribution in [2.24, 2.45) is 5.73 Å². The van der Waals surface area contributed by atoms with E-state index in [1.165, 1.54) is 11.3 Å². The van der Waals surface area contributed by atoms with Gasteiger partial charge in [0.05, 0.1) is 0 Å². The Morgan fingerprint density at radius 1 is 1.43 bits per heavy atom. The largest absolute Gasteiger partial charge is 0.366 e. The average molecular weight is 209 g/mol. The van der Waals surface area contributed by atoms with Gasteiger partial charge in [0.2, 0.25) is 0 Å². The Balaban J connectivity index is 2.08. The Hall–Kier alpha value is -0.730. The molecule has 0 bridgehead atoms. The predicted molar refractivity (Wildman–Crippen MR) is 58.9 cm³/mol. The van der Waals surface area contributed by atoms with E-state index in [9.17, 15) is 0 Å². The molecular formula is C11H13ClN2. The number of halogens is 1. The molecule has 74 valence electrons. The third kappa shape index (κ3) is 1.01. The van der Waals surface area contributed by atoms with Gasteiger partial charge in [-0.05, 0) is 30.5 Å². The molecule has 2 N–H and O–H groups in total. The van der Waals surface area contributed by atoms with Gasteiger partial charge in [0.1, 0.15) is 0 Å². The van der Waals surface area contributed by atoms with E-state index in [1.54, 1.807) is 0 Å². The Labute approximate surface area is 88.6 Å². The summed E-state index contributed by atoms with van der Waals surface area (Å²) in [6, 6.07) is 6.95. The van der Waals surface area contributed by atoms with Crippen LogP contribution < -0.4 is 10.6 Å². The van der Waals surface area contributed by atoms with Crippen LogP contribution in [0.3, 0.4) is 0 Å². The number of nitrogens with zero attached hydrogens (tertiary/aromatic N) is 1. The lowest BCUT2D eigenvalue weighted by molar-refractivity contribution is 0.600. The van der Waals surface area contributed by atoms with Crippen molar-refractivity contribution in [3.63, 3.8) is 0 Å². The van der Waals surface area contributed by atoms with Gasteiger partial charge in [0.15, 0.2) is 0 Å². The molecule has 0 saturated carbocycles. The molecule has 3 heteroatoms. The zero-order chi connectivity index (χ0) is 9.71. The highest BCUT2D eigenvalue weighted by Crippen LogP contribution is 2.40. The van der Waals surface area contributed by atoms with Gasteiger partial charge in [-0.1, -0.05) is 17.7 Å². The molecule has 0 aromatic heterocycles. The van der Waals surface area contributed by atoms with Crippen LogP contribution in [0.25, 0.3) is 0 Å². The lowest BCUT2D eigenvalue weighted by Gasteiger charge is -2.20. The molecule has 0 aliphatic carbocycles. The fourth-order valence-electron chi connectivity index (χ4n) is 2.67. The van der Waals surface area contributed by atoms with Crippen LogP contribution in [0.2, 0.25) is 5.02 Å². The zero-order valence-corrected chi connectivity index (χ0v) is 8.67. The first-order valence-electron chi connectivity index (χ1n) is 5.07. The molecule has 0 radical (unpaired) electrons. The van der Waals surface area contributed by atoms with Crippen LogP contribution in [0.5, 0.6) is 0 Å².